The fraction of sp³-hybridized carbons (Fsp3) is 0.455. The molecular weight excluding hydrogens is 272 g/mol. The highest BCUT2D eigenvalue weighted by molar-refractivity contribution is 7.94. The van der Waals surface area contributed by atoms with Gasteiger partial charge in [-0.15, -0.1) is 11.3 Å². The summed E-state index contributed by atoms with van der Waals surface area (Å²) in [6.07, 6.45) is 1.76. The molecule has 0 aliphatic carbocycles. The van der Waals surface area contributed by atoms with Crippen LogP contribution >= 0.6 is 11.3 Å². The minimum Gasteiger partial charge on any atom is -0.349 e. The average molecular weight is 286 g/mol. The van der Waals surface area contributed by atoms with Gasteiger partial charge in [-0.3, -0.25) is 4.79 Å². The number of nitrogens with one attached hydrogen (secondary N) is 1. The van der Waals surface area contributed by atoms with Crippen molar-refractivity contribution in [3.8, 4) is 0 Å². The summed E-state index contributed by atoms with van der Waals surface area (Å²) in [6.45, 7) is 3.76. The Balaban J connectivity index is 1.94. The summed E-state index contributed by atoms with van der Waals surface area (Å²) in [7, 11) is -3.12. The van der Waals surface area contributed by atoms with Crippen LogP contribution in [0.4, 0.5) is 0 Å². The van der Waals surface area contributed by atoms with E-state index >= 15 is 0 Å². The topological polar surface area (TPSA) is 76.1 Å². The highest BCUT2D eigenvalue weighted by Crippen LogP contribution is 2.17. The van der Waals surface area contributed by atoms with Gasteiger partial charge in [-0.2, -0.15) is 0 Å². The van der Waals surface area contributed by atoms with Crippen molar-refractivity contribution in [2.75, 3.05) is 5.75 Å². The first-order chi connectivity index (χ1) is 8.35. The predicted octanol–water partition coefficient (Wildman–Crippen LogP) is 0.729. The molecule has 0 spiro atoms. The van der Waals surface area contributed by atoms with E-state index in [0.29, 0.717) is 0 Å². The molecule has 1 amide bonds. The molecule has 7 heteroatoms. The molecule has 2 heterocycles. The van der Waals surface area contributed by atoms with Crippen LogP contribution in [0, 0.1) is 13.8 Å². The lowest BCUT2D eigenvalue weighted by atomic mass is 10.2. The SMILES string of the molecule is Cc1nc(C)c(CC(=O)N[C@@H]2C=CS(=O)(=O)C2)s1. The van der Waals surface area contributed by atoms with Gasteiger partial charge < -0.3 is 5.32 Å². The third kappa shape index (κ3) is 3.17. The molecule has 0 radical (unpaired) electrons. The summed E-state index contributed by atoms with van der Waals surface area (Å²) in [4.78, 5) is 17.0. The lowest BCUT2D eigenvalue weighted by Crippen LogP contribution is -2.36. The molecule has 0 fully saturated rings. The van der Waals surface area contributed by atoms with Crippen molar-refractivity contribution >= 4 is 27.1 Å². The number of aromatic nitrogens is 1. The molecular formula is C11H14N2O3S2. The number of amides is 1. The fourth-order valence-corrected chi connectivity index (χ4v) is 3.98. The Kier molecular flexibility index (Phi) is 3.54. The summed E-state index contributed by atoms with van der Waals surface area (Å²) < 4.78 is 22.4. The molecule has 98 valence electrons. The van der Waals surface area contributed by atoms with Gasteiger partial charge in [0.25, 0.3) is 0 Å². The maximum absolute atomic E-state index is 11.8. The van der Waals surface area contributed by atoms with Crippen molar-refractivity contribution in [2.24, 2.45) is 0 Å². The number of hydrogen-bond acceptors (Lipinski definition) is 5. The van der Waals surface area contributed by atoms with Gasteiger partial charge in [0, 0.05) is 10.3 Å². The molecule has 2 rings (SSSR count). The second-order valence-corrected chi connectivity index (χ2v) is 7.47. The molecule has 0 bridgehead atoms. The van der Waals surface area contributed by atoms with E-state index in [-0.39, 0.29) is 18.1 Å². The van der Waals surface area contributed by atoms with Gasteiger partial charge in [-0.05, 0) is 19.9 Å². The zero-order chi connectivity index (χ0) is 13.3. The standard InChI is InChI=1S/C11H14N2O3S2/c1-7-10(17-8(2)12-7)5-11(14)13-9-3-4-18(15,16)6-9/h3-4,9H,5-6H2,1-2H3,(H,13,14)/t9-/m1/s1. The van der Waals surface area contributed by atoms with Gasteiger partial charge in [0.2, 0.25) is 5.91 Å². The second-order valence-electron chi connectivity index (χ2n) is 4.25. The molecule has 1 N–H and O–H groups in total. The molecule has 1 aromatic heterocycles. The van der Waals surface area contributed by atoms with Crippen molar-refractivity contribution in [1.29, 1.82) is 0 Å². The molecule has 5 nitrogen and oxygen atoms in total. The lowest BCUT2D eigenvalue weighted by molar-refractivity contribution is -0.120. The van der Waals surface area contributed by atoms with E-state index in [1.54, 1.807) is 0 Å². The van der Waals surface area contributed by atoms with Crippen LogP contribution in [-0.2, 0) is 21.1 Å². The van der Waals surface area contributed by atoms with E-state index in [4.69, 9.17) is 0 Å². The van der Waals surface area contributed by atoms with E-state index in [9.17, 15) is 13.2 Å². The first-order valence-corrected chi connectivity index (χ1v) is 8.02. The zero-order valence-corrected chi connectivity index (χ0v) is 11.8. The summed E-state index contributed by atoms with van der Waals surface area (Å²) in [5.41, 5.74) is 0.863. The van der Waals surface area contributed by atoms with Gasteiger partial charge in [0.05, 0.1) is 28.9 Å². The van der Waals surface area contributed by atoms with Crippen LogP contribution < -0.4 is 5.32 Å². The molecule has 0 saturated carbocycles. The van der Waals surface area contributed by atoms with Crippen molar-refractivity contribution in [3.05, 3.63) is 27.1 Å². The van der Waals surface area contributed by atoms with Crippen molar-refractivity contribution < 1.29 is 13.2 Å². The Bertz CT molecular complexity index is 602. The number of nitrogens with zero attached hydrogens (tertiary/aromatic N) is 1. The molecule has 1 atom stereocenters. The predicted molar refractivity (Wildman–Crippen MR) is 70.1 cm³/mol. The summed E-state index contributed by atoms with van der Waals surface area (Å²) in [5.74, 6) is -0.215. The first kappa shape index (κ1) is 13.2. The Labute approximate surface area is 110 Å². The zero-order valence-electron chi connectivity index (χ0n) is 10.1. The van der Waals surface area contributed by atoms with E-state index in [0.717, 1.165) is 21.0 Å². The van der Waals surface area contributed by atoms with Gasteiger partial charge in [-0.25, -0.2) is 13.4 Å². The van der Waals surface area contributed by atoms with Crippen molar-refractivity contribution in [3.63, 3.8) is 0 Å². The van der Waals surface area contributed by atoms with Crippen LogP contribution in [0.25, 0.3) is 0 Å². The quantitative estimate of drug-likeness (QED) is 0.888. The fourth-order valence-electron chi connectivity index (χ4n) is 1.81. The average Bonchev–Trinajstić information content (AvgIpc) is 2.70. The normalized spacial score (nSPS) is 21.1. The molecule has 1 aliphatic heterocycles. The smallest absolute Gasteiger partial charge is 0.225 e. The van der Waals surface area contributed by atoms with Crippen LogP contribution in [0.1, 0.15) is 15.6 Å². The molecule has 0 unspecified atom stereocenters. The van der Waals surface area contributed by atoms with Crippen LogP contribution in [0.3, 0.4) is 0 Å². The van der Waals surface area contributed by atoms with Crippen LogP contribution in [0.2, 0.25) is 0 Å². The summed E-state index contributed by atoms with van der Waals surface area (Å²) in [5, 5.41) is 4.78. The number of carbonyl (C=O) groups excluding carboxylic acids is 1. The number of thiazole rings is 1. The second kappa shape index (κ2) is 4.81. The van der Waals surface area contributed by atoms with E-state index in [1.165, 1.54) is 17.4 Å². The van der Waals surface area contributed by atoms with E-state index in [2.05, 4.69) is 10.3 Å². The summed E-state index contributed by atoms with van der Waals surface area (Å²) in [6, 6.07) is -0.406. The highest BCUT2D eigenvalue weighted by Gasteiger charge is 2.23. The van der Waals surface area contributed by atoms with Gasteiger partial charge in [0.15, 0.2) is 9.84 Å². The van der Waals surface area contributed by atoms with E-state index in [1.807, 2.05) is 13.8 Å². The van der Waals surface area contributed by atoms with Crippen LogP contribution in [-0.4, -0.2) is 31.1 Å². The Morgan fingerprint density at radius 1 is 1.56 bits per heavy atom. The van der Waals surface area contributed by atoms with Gasteiger partial charge in [-0.1, -0.05) is 0 Å². The maximum atomic E-state index is 11.8. The molecule has 1 aliphatic rings. The number of sulfone groups is 1. The number of carbonyl (C=O) groups is 1. The van der Waals surface area contributed by atoms with Crippen molar-refractivity contribution in [2.45, 2.75) is 26.3 Å². The monoisotopic (exact) mass is 286 g/mol. The van der Waals surface area contributed by atoms with Crippen LogP contribution in [0.15, 0.2) is 11.5 Å². The first-order valence-electron chi connectivity index (χ1n) is 5.49. The Hall–Kier alpha value is -1.21. The van der Waals surface area contributed by atoms with Gasteiger partial charge in [0.1, 0.15) is 0 Å². The van der Waals surface area contributed by atoms with Crippen molar-refractivity contribution in [1.82, 2.24) is 10.3 Å². The number of hydrogen-bond donors (Lipinski definition) is 1. The lowest BCUT2D eigenvalue weighted by Gasteiger charge is -2.09. The minimum atomic E-state index is -3.12. The molecule has 1 aromatic rings. The minimum absolute atomic E-state index is 0.0422. The highest BCUT2D eigenvalue weighted by atomic mass is 32.2. The summed E-state index contributed by atoms with van der Waals surface area (Å²) >= 11 is 1.49. The number of aryl methyl sites for hydroxylation is 2. The third-order valence-corrected chi connectivity index (χ3v) is 5.07. The largest absolute Gasteiger partial charge is 0.349 e. The molecule has 0 saturated heterocycles. The molecule has 0 aromatic carbocycles. The maximum Gasteiger partial charge on any atom is 0.225 e. The van der Waals surface area contributed by atoms with Gasteiger partial charge >= 0.3 is 0 Å². The van der Waals surface area contributed by atoms with E-state index < -0.39 is 15.9 Å². The van der Waals surface area contributed by atoms with Crippen LogP contribution in [0.5, 0.6) is 0 Å². The Morgan fingerprint density at radius 3 is 2.78 bits per heavy atom. The number of rotatable bonds is 3. The third-order valence-electron chi connectivity index (χ3n) is 2.60. The Morgan fingerprint density at radius 2 is 2.28 bits per heavy atom. The molecule has 18 heavy (non-hydrogen) atoms.